The molecule has 0 aromatic heterocycles. The smallest absolute Gasteiger partial charge is 0.316 e. The third-order valence-corrected chi connectivity index (χ3v) is 3.78. The van der Waals surface area contributed by atoms with Crippen molar-refractivity contribution in [1.82, 2.24) is 0 Å². The first-order chi connectivity index (χ1) is 9.25. The number of hydrogen-bond acceptors (Lipinski definition) is 3. The molecule has 0 bridgehead atoms. The van der Waals surface area contributed by atoms with Crippen LogP contribution in [0.15, 0.2) is 42.5 Å². The maximum absolute atomic E-state index is 12.0. The minimum Gasteiger partial charge on any atom is -0.468 e. The molecule has 1 fully saturated rings. The fraction of sp³-hybridized carbons (Fsp3) is 0.312. The molecule has 0 spiro atoms. The third kappa shape index (κ3) is 2.00. The van der Waals surface area contributed by atoms with Gasteiger partial charge in [-0.3, -0.25) is 4.79 Å². The molecule has 0 unspecified atom stereocenters. The zero-order chi connectivity index (χ0) is 13.3. The zero-order valence-corrected chi connectivity index (χ0v) is 10.9. The summed E-state index contributed by atoms with van der Waals surface area (Å²) >= 11 is 0. The van der Waals surface area contributed by atoms with E-state index in [9.17, 15) is 4.79 Å². The highest BCUT2D eigenvalue weighted by atomic mass is 16.5. The van der Waals surface area contributed by atoms with E-state index in [-0.39, 0.29) is 5.97 Å². The Kier molecular flexibility index (Phi) is 2.99. The number of hydrogen-bond donors (Lipinski definition) is 0. The highest BCUT2D eigenvalue weighted by Gasteiger charge is 2.47. The van der Waals surface area contributed by atoms with Gasteiger partial charge in [0.25, 0.3) is 0 Å². The molecule has 98 valence electrons. The topological polar surface area (TPSA) is 35.5 Å². The van der Waals surface area contributed by atoms with Gasteiger partial charge in [-0.25, -0.2) is 0 Å². The lowest BCUT2D eigenvalue weighted by molar-refractivity contribution is -0.182. The molecule has 2 aromatic rings. The second kappa shape index (κ2) is 4.67. The molecular weight excluding hydrogens is 240 g/mol. The van der Waals surface area contributed by atoms with Crippen LogP contribution in [-0.2, 0) is 20.7 Å². The zero-order valence-electron chi connectivity index (χ0n) is 10.9. The number of carbonyl (C=O) groups excluding carboxylic acids is 1. The van der Waals surface area contributed by atoms with Crippen molar-refractivity contribution in [2.24, 2.45) is 5.41 Å². The summed E-state index contributed by atoms with van der Waals surface area (Å²) < 4.78 is 10.2. The molecule has 19 heavy (non-hydrogen) atoms. The third-order valence-electron chi connectivity index (χ3n) is 3.78. The van der Waals surface area contributed by atoms with Crippen molar-refractivity contribution in [2.45, 2.75) is 6.42 Å². The van der Waals surface area contributed by atoms with Crippen LogP contribution in [0.4, 0.5) is 0 Å². The van der Waals surface area contributed by atoms with Crippen LogP contribution < -0.4 is 0 Å². The van der Waals surface area contributed by atoms with Crippen molar-refractivity contribution in [3.63, 3.8) is 0 Å². The number of benzene rings is 2. The van der Waals surface area contributed by atoms with Gasteiger partial charge >= 0.3 is 5.97 Å². The molecule has 1 aliphatic heterocycles. The van der Waals surface area contributed by atoms with Gasteiger partial charge in [0.1, 0.15) is 5.41 Å². The van der Waals surface area contributed by atoms with Gasteiger partial charge in [-0.05, 0) is 22.8 Å². The fourth-order valence-electron chi connectivity index (χ4n) is 2.67. The molecule has 3 nitrogen and oxygen atoms in total. The summed E-state index contributed by atoms with van der Waals surface area (Å²) in [6.07, 6.45) is 0.668. The Balaban J connectivity index is 1.99. The van der Waals surface area contributed by atoms with Gasteiger partial charge in [0.2, 0.25) is 0 Å². The van der Waals surface area contributed by atoms with E-state index in [1.165, 1.54) is 23.4 Å². The van der Waals surface area contributed by atoms with Crippen molar-refractivity contribution in [3.05, 3.63) is 48.0 Å². The summed E-state index contributed by atoms with van der Waals surface area (Å²) in [5.74, 6) is -0.174. The van der Waals surface area contributed by atoms with Crippen molar-refractivity contribution in [1.29, 1.82) is 0 Å². The normalized spacial score (nSPS) is 16.9. The number of ether oxygens (including phenoxy) is 2. The van der Waals surface area contributed by atoms with Crippen LogP contribution in [0.25, 0.3) is 10.8 Å². The summed E-state index contributed by atoms with van der Waals surface area (Å²) in [4.78, 5) is 12.0. The first-order valence-corrected chi connectivity index (χ1v) is 6.38. The Morgan fingerprint density at radius 2 is 1.95 bits per heavy atom. The molecule has 2 aromatic carbocycles. The van der Waals surface area contributed by atoms with Crippen molar-refractivity contribution < 1.29 is 14.3 Å². The van der Waals surface area contributed by atoms with Crippen LogP contribution >= 0.6 is 0 Å². The maximum atomic E-state index is 12.0. The van der Waals surface area contributed by atoms with Crippen LogP contribution in [0.3, 0.4) is 0 Å². The quantitative estimate of drug-likeness (QED) is 0.792. The SMILES string of the molecule is COC(=O)C1(Cc2cccc3ccccc23)COC1. The standard InChI is InChI=1S/C16H16O3/c1-18-15(17)16(10-19-11-16)9-13-7-4-6-12-5-2-3-8-14(12)13/h2-8H,9-11H2,1H3. The molecule has 3 heteroatoms. The highest BCUT2D eigenvalue weighted by molar-refractivity contribution is 5.87. The molecule has 3 rings (SSSR count). The molecule has 1 heterocycles. The van der Waals surface area contributed by atoms with Gasteiger partial charge in [-0.1, -0.05) is 42.5 Å². The largest absolute Gasteiger partial charge is 0.468 e. The molecule has 0 atom stereocenters. The molecule has 0 N–H and O–H groups in total. The molecule has 0 aliphatic carbocycles. The Labute approximate surface area is 112 Å². The van der Waals surface area contributed by atoms with Gasteiger partial charge < -0.3 is 9.47 Å². The van der Waals surface area contributed by atoms with E-state index in [4.69, 9.17) is 9.47 Å². The summed E-state index contributed by atoms with van der Waals surface area (Å²) in [6, 6.07) is 14.4. The van der Waals surface area contributed by atoms with E-state index < -0.39 is 5.41 Å². The Hall–Kier alpha value is -1.87. The first kappa shape index (κ1) is 12.2. The van der Waals surface area contributed by atoms with Crippen molar-refractivity contribution >= 4 is 16.7 Å². The molecule has 1 aliphatic rings. The van der Waals surface area contributed by atoms with E-state index in [1.807, 2.05) is 18.2 Å². The highest BCUT2D eigenvalue weighted by Crippen LogP contribution is 2.35. The summed E-state index contributed by atoms with van der Waals surface area (Å²) in [7, 11) is 1.44. The first-order valence-electron chi connectivity index (χ1n) is 6.38. The molecule has 0 amide bonds. The number of rotatable bonds is 3. The average Bonchev–Trinajstić information content (AvgIpc) is 2.42. The number of carbonyl (C=O) groups is 1. The van der Waals surface area contributed by atoms with E-state index >= 15 is 0 Å². The van der Waals surface area contributed by atoms with Crippen LogP contribution in [0.1, 0.15) is 5.56 Å². The van der Waals surface area contributed by atoms with Crippen LogP contribution in [0, 0.1) is 5.41 Å². The predicted molar refractivity (Wildman–Crippen MR) is 72.9 cm³/mol. The number of fused-ring (bicyclic) bond motifs is 1. The second-order valence-corrected chi connectivity index (χ2v) is 5.08. The van der Waals surface area contributed by atoms with Crippen molar-refractivity contribution in [3.8, 4) is 0 Å². The fourth-order valence-corrected chi connectivity index (χ4v) is 2.67. The van der Waals surface area contributed by atoms with Gasteiger partial charge in [-0.2, -0.15) is 0 Å². The number of methoxy groups -OCH3 is 1. The minimum atomic E-state index is -0.501. The lowest BCUT2D eigenvalue weighted by Gasteiger charge is -2.38. The summed E-state index contributed by atoms with van der Waals surface area (Å²) in [5, 5.41) is 2.39. The maximum Gasteiger partial charge on any atom is 0.316 e. The molecule has 0 radical (unpaired) electrons. The van der Waals surface area contributed by atoms with E-state index in [0.717, 1.165) is 0 Å². The Bertz CT molecular complexity index is 609. The lowest BCUT2D eigenvalue weighted by Crippen LogP contribution is -2.51. The van der Waals surface area contributed by atoms with E-state index in [1.54, 1.807) is 0 Å². The Morgan fingerprint density at radius 3 is 2.63 bits per heavy atom. The second-order valence-electron chi connectivity index (χ2n) is 5.08. The summed E-state index contributed by atoms with van der Waals surface area (Å²) in [5.41, 5.74) is 0.672. The van der Waals surface area contributed by atoms with Gasteiger partial charge in [0, 0.05) is 0 Å². The van der Waals surface area contributed by atoms with Crippen LogP contribution in [0.5, 0.6) is 0 Å². The van der Waals surface area contributed by atoms with E-state index in [2.05, 4.69) is 24.3 Å². The van der Waals surface area contributed by atoms with Gasteiger partial charge in [0.15, 0.2) is 0 Å². The van der Waals surface area contributed by atoms with E-state index in [0.29, 0.717) is 19.6 Å². The molecule has 0 saturated carbocycles. The molecule has 1 saturated heterocycles. The van der Waals surface area contributed by atoms with Gasteiger partial charge in [-0.15, -0.1) is 0 Å². The monoisotopic (exact) mass is 256 g/mol. The van der Waals surface area contributed by atoms with Crippen molar-refractivity contribution in [2.75, 3.05) is 20.3 Å². The molecular formula is C16H16O3. The van der Waals surface area contributed by atoms with Crippen LogP contribution in [0.2, 0.25) is 0 Å². The number of esters is 1. The lowest BCUT2D eigenvalue weighted by atomic mass is 9.79. The van der Waals surface area contributed by atoms with Crippen LogP contribution in [-0.4, -0.2) is 26.3 Å². The summed E-state index contributed by atoms with van der Waals surface area (Å²) in [6.45, 7) is 0.895. The minimum absolute atomic E-state index is 0.174. The average molecular weight is 256 g/mol. The van der Waals surface area contributed by atoms with Gasteiger partial charge in [0.05, 0.1) is 20.3 Å². The Morgan fingerprint density at radius 1 is 1.21 bits per heavy atom. The predicted octanol–water partition coefficient (Wildman–Crippen LogP) is 2.57.